The van der Waals surface area contributed by atoms with Gasteiger partial charge in [-0.05, 0) is 56.0 Å². The Balaban J connectivity index is 1.60. The number of aromatic amines is 1. The molecule has 6 nitrogen and oxygen atoms in total. The van der Waals surface area contributed by atoms with Crippen LogP contribution in [-0.2, 0) is 0 Å². The van der Waals surface area contributed by atoms with Crippen LogP contribution in [0.25, 0.3) is 11.0 Å². The number of ether oxygens (including phenoxy) is 1. The summed E-state index contributed by atoms with van der Waals surface area (Å²) in [6.07, 6.45) is 5.33. The van der Waals surface area contributed by atoms with Crippen LogP contribution in [0.1, 0.15) is 34.3 Å². The molecule has 0 spiro atoms. The standard InChI is InChI=1S/C21H24N4O2/c1-13-9-16(10-14(2)19(13)27-3)18(26)15-5-4-8-25(11-15)21-17-6-7-22-20(17)23-12-24-21/h6-7,9-10,12,15H,4-5,8,11H2,1-3H3,(H,22,23,24). The van der Waals surface area contributed by atoms with E-state index in [0.717, 1.165) is 58.7 Å². The molecule has 3 heterocycles. The lowest BCUT2D eigenvalue weighted by molar-refractivity contribution is 0.0907. The van der Waals surface area contributed by atoms with E-state index in [1.54, 1.807) is 13.4 Å². The van der Waals surface area contributed by atoms with Gasteiger partial charge in [-0.1, -0.05) is 0 Å². The van der Waals surface area contributed by atoms with Gasteiger partial charge in [-0.25, -0.2) is 9.97 Å². The van der Waals surface area contributed by atoms with Gasteiger partial charge in [-0.15, -0.1) is 0 Å². The molecule has 0 bridgehead atoms. The zero-order valence-corrected chi connectivity index (χ0v) is 16.0. The fourth-order valence-corrected chi connectivity index (χ4v) is 4.14. The van der Waals surface area contributed by atoms with Crippen molar-refractivity contribution in [2.75, 3.05) is 25.1 Å². The summed E-state index contributed by atoms with van der Waals surface area (Å²) < 4.78 is 5.43. The fourth-order valence-electron chi connectivity index (χ4n) is 4.14. The summed E-state index contributed by atoms with van der Waals surface area (Å²) in [7, 11) is 1.67. The number of Topliss-reactive ketones (excluding diaryl/α,β-unsaturated/α-hetero) is 1. The molecule has 1 unspecified atom stereocenters. The van der Waals surface area contributed by atoms with Crippen molar-refractivity contribution in [3.8, 4) is 5.75 Å². The van der Waals surface area contributed by atoms with Crippen LogP contribution in [0.15, 0.2) is 30.7 Å². The van der Waals surface area contributed by atoms with Crippen LogP contribution < -0.4 is 9.64 Å². The number of fused-ring (bicyclic) bond motifs is 1. The minimum absolute atomic E-state index is 0.0325. The second kappa shape index (κ2) is 7.02. The highest BCUT2D eigenvalue weighted by Crippen LogP contribution is 2.30. The van der Waals surface area contributed by atoms with Crippen LogP contribution in [0.4, 0.5) is 5.82 Å². The summed E-state index contributed by atoms with van der Waals surface area (Å²) >= 11 is 0. The number of ketones is 1. The molecule has 0 radical (unpaired) electrons. The maximum Gasteiger partial charge on any atom is 0.167 e. The molecule has 0 amide bonds. The van der Waals surface area contributed by atoms with Gasteiger partial charge in [-0.2, -0.15) is 0 Å². The molecule has 0 aliphatic carbocycles. The van der Waals surface area contributed by atoms with Crippen molar-refractivity contribution in [3.05, 3.63) is 47.4 Å². The van der Waals surface area contributed by atoms with Crippen LogP contribution in [0.5, 0.6) is 5.75 Å². The van der Waals surface area contributed by atoms with Gasteiger partial charge in [0.25, 0.3) is 0 Å². The average molecular weight is 364 g/mol. The number of carbonyl (C=O) groups excluding carboxylic acids is 1. The third kappa shape index (κ3) is 3.16. The molecule has 2 aromatic heterocycles. The number of aryl methyl sites for hydroxylation is 2. The van der Waals surface area contributed by atoms with Gasteiger partial charge < -0.3 is 14.6 Å². The molecule has 27 heavy (non-hydrogen) atoms. The van der Waals surface area contributed by atoms with Crippen LogP contribution in [0, 0.1) is 19.8 Å². The van der Waals surface area contributed by atoms with Gasteiger partial charge in [0.1, 0.15) is 23.5 Å². The van der Waals surface area contributed by atoms with E-state index in [0.29, 0.717) is 6.54 Å². The second-order valence-corrected chi connectivity index (χ2v) is 7.23. The molecule has 4 rings (SSSR count). The number of H-pyrrole nitrogens is 1. The Hall–Kier alpha value is -2.89. The van der Waals surface area contributed by atoms with E-state index >= 15 is 0 Å². The molecule has 1 aliphatic heterocycles. The molecule has 1 N–H and O–H groups in total. The van der Waals surface area contributed by atoms with E-state index in [4.69, 9.17) is 4.74 Å². The molecular weight excluding hydrogens is 340 g/mol. The maximum absolute atomic E-state index is 13.2. The maximum atomic E-state index is 13.2. The number of anilines is 1. The largest absolute Gasteiger partial charge is 0.496 e. The summed E-state index contributed by atoms with van der Waals surface area (Å²) in [5.41, 5.74) is 3.60. The van der Waals surface area contributed by atoms with Crippen molar-refractivity contribution in [1.29, 1.82) is 0 Å². The molecule has 1 saturated heterocycles. The Labute approximate surface area is 158 Å². The Morgan fingerprint density at radius 1 is 1.26 bits per heavy atom. The Morgan fingerprint density at radius 3 is 2.78 bits per heavy atom. The van der Waals surface area contributed by atoms with Crippen molar-refractivity contribution >= 4 is 22.6 Å². The lowest BCUT2D eigenvalue weighted by Crippen LogP contribution is -2.39. The summed E-state index contributed by atoms with van der Waals surface area (Å²) in [6, 6.07) is 5.89. The van der Waals surface area contributed by atoms with Crippen LogP contribution >= 0.6 is 0 Å². The van der Waals surface area contributed by atoms with Gasteiger partial charge in [0.05, 0.1) is 12.5 Å². The van der Waals surface area contributed by atoms with E-state index in [9.17, 15) is 4.79 Å². The highest BCUT2D eigenvalue weighted by Gasteiger charge is 2.28. The van der Waals surface area contributed by atoms with Gasteiger partial charge in [0.2, 0.25) is 0 Å². The number of hydrogen-bond donors (Lipinski definition) is 1. The minimum Gasteiger partial charge on any atom is -0.496 e. The lowest BCUT2D eigenvalue weighted by atomic mass is 9.88. The van der Waals surface area contributed by atoms with E-state index in [2.05, 4.69) is 19.9 Å². The van der Waals surface area contributed by atoms with E-state index in [1.165, 1.54) is 0 Å². The number of piperidine rings is 1. The van der Waals surface area contributed by atoms with E-state index in [-0.39, 0.29) is 11.7 Å². The Bertz CT molecular complexity index is 972. The molecule has 140 valence electrons. The number of nitrogens with one attached hydrogen (secondary N) is 1. The topological polar surface area (TPSA) is 71.1 Å². The van der Waals surface area contributed by atoms with Crippen molar-refractivity contribution in [1.82, 2.24) is 15.0 Å². The van der Waals surface area contributed by atoms with Gasteiger partial charge in [-0.3, -0.25) is 4.79 Å². The molecule has 1 fully saturated rings. The number of rotatable bonds is 4. The first-order chi connectivity index (χ1) is 13.1. The van der Waals surface area contributed by atoms with Crippen LogP contribution in [0.3, 0.4) is 0 Å². The van der Waals surface area contributed by atoms with E-state index in [1.807, 2.05) is 38.2 Å². The predicted molar refractivity (Wildman–Crippen MR) is 106 cm³/mol. The summed E-state index contributed by atoms with van der Waals surface area (Å²) in [4.78, 5) is 27.3. The molecular formula is C21H24N4O2. The Morgan fingerprint density at radius 2 is 2.04 bits per heavy atom. The van der Waals surface area contributed by atoms with Crippen molar-refractivity contribution in [2.45, 2.75) is 26.7 Å². The number of aromatic nitrogens is 3. The van der Waals surface area contributed by atoms with Crippen LogP contribution in [0.2, 0.25) is 0 Å². The summed E-state index contributed by atoms with van der Waals surface area (Å²) in [5, 5.41) is 1.00. The first-order valence-corrected chi connectivity index (χ1v) is 9.31. The van der Waals surface area contributed by atoms with Crippen molar-refractivity contribution in [2.24, 2.45) is 5.92 Å². The van der Waals surface area contributed by atoms with Gasteiger partial charge in [0.15, 0.2) is 5.78 Å². The third-order valence-corrected chi connectivity index (χ3v) is 5.37. The summed E-state index contributed by atoms with van der Waals surface area (Å²) in [5.74, 6) is 1.93. The predicted octanol–water partition coefficient (Wildman–Crippen LogP) is 3.68. The SMILES string of the molecule is COc1c(C)cc(C(=O)C2CCCN(c3ncnc4[nH]ccc34)C2)cc1C. The molecule has 3 aromatic rings. The number of nitrogens with zero attached hydrogens (tertiary/aromatic N) is 3. The third-order valence-electron chi connectivity index (χ3n) is 5.37. The second-order valence-electron chi connectivity index (χ2n) is 7.23. The number of hydrogen-bond acceptors (Lipinski definition) is 5. The molecule has 6 heteroatoms. The van der Waals surface area contributed by atoms with Crippen LogP contribution in [-0.4, -0.2) is 40.9 Å². The van der Waals surface area contributed by atoms with Gasteiger partial charge in [0, 0.05) is 30.8 Å². The number of carbonyl (C=O) groups is 1. The monoisotopic (exact) mass is 364 g/mol. The highest BCUT2D eigenvalue weighted by atomic mass is 16.5. The molecule has 1 atom stereocenters. The number of methoxy groups -OCH3 is 1. The normalized spacial score (nSPS) is 17.3. The fraction of sp³-hybridized carbons (Fsp3) is 0.381. The van der Waals surface area contributed by atoms with Gasteiger partial charge >= 0.3 is 0 Å². The average Bonchev–Trinajstić information content (AvgIpc) is 3.16. The summed E-state index contributed by atoms with van der Waals surface area (Å²) in [6.45, 7) is 5.56. The first kappa shape index (κ1) is 17.5. The number of benzene rings is 1. The lowest BCUT2D eigenvalue weighted by Gasteiger charge is -2.33. The molecule has 1 aromatic carbocycles. The smallest absolute Gasteiger partial charge is 0.167 e. The quantitative estimate of drug-likeness (QED) is 0.715. The molecule has 0 saturated carbocycles. The zero-order valence-electron chi connectivity index (χ0n) is 16.0. The van der Waals surface area contributed by atoms with E-state index < -0.39 is 0 Å². The minimum atomic E-state index is -0.0325. The Kier molecular flexibility index (Phi) is 4.56. The van der Waals surface area contributed by atoms with Crippen molar-refractivity contribution in [3.63, 3.8) is 0 Å². The highest BCUT2D eigenvalue weighted by molar-refractivity contribution is 5.99. The van der Waals surface area contributed by atoms with Crippen molar-refractivity contribution < 1.29 is 9.53 Å². The zero-order chi connectivity index (χ0) is 19.0. The molecule has 1 aliphatic rings. The first-order valence-electron chi connectivity index (χ1n) is 9.31.